The quantitative estimate of drug-likeness (QED) is 0.753. The predicted molar refractivity (Wildman–Crippen MR) is 81.2 cm³/mol. The van der Waals surface area contributed by atoms with Crippen LogP contribution in [0.2, 0.25) is 0 Å². The van der Waals surface area contributed by atoms with Gasteiger partial charge in [-0.15, -0.1) is 0 Å². The smallest absolute Gasteiger partial charge is 0.241 e. The van der Waals surface area contributed by atoms with Crippen LogP contribution in [0, 0.1) is 0 Å². The zero-order chi connectivity index (χ0) is 14.8. The minimum Gasteiger partial charge on any atom is -0.375 e. The van der Waals surface area contributed by atoms with Gasteiger partial charge in [0.15, 0.2) is 0 Å². The van der Waals surface area contributed by atoms with Crippen LogP contribution >= 0.6 is 0 Å². The molecule has 0 aliphatic heterocycles. The average molecular weight is 278 g/mol. The summed E-state index contributed by atoms with van der Waals surface area (Å²) in [5.74, 6) is -0.0123. The van der Waals surface area contributed by atoms with E-state index in [-0.39, 0.29) is 12.5 Å². The molecule has 1 unspecified atom stereocenters. The highest BCUT2D eigenvalue weighted by Gasteiger charge is 2.19. The Labute approximate surface area is 121 Å². The summed E-state index contributed by atoms with van der Waals surface area (Å²) in [6, 6.07) is 9.31. The van der Waals surface area contributed by atoms with E-state index < -0.39 is 6.04 Å². The minimum absolute atomic E-state index is 0.0123. The average Bonchev–Trinajstić information content (AvgIpc) is 2.47. The van der Waals surface area contributed by atoms with Crippen molar-refractivity contribution in [2.24, 2.45) is 5.73 Å². The number of ether oxygens (including phenoxy) is 1. The van der Waals surface area contributed by atoms with E-state index >= 15 is 0 Å². The molecule has 0 fully saturated rings. The molecule has 0 bridgehead atoms. The van der Waals surface area contributed by atoms with Gasteiger partial charge in [0.25, 0.3) is 0 Å². The van der Waals surface area contributed by atoms with E-state index in [4.69, 9.17) is 10.5 Å². The maximum Gasteiger partial charge on any atom is 0.241 e. The van der Waals surface area contributed by atoms with Gasteiger partial charge >= 0.3 is 0 Å². The van der Waals surface area contributed by atoms with E-state index in [1.807, 2.05) is 35.2 Å². The summed E-state index contributed by atoms with van der Waals surface area (Å²) < 4.78 is 5.54. The summed E-state index contributed by atoms with van der Waals surface area (Å²) >= 11 is 0. The number of nitrogens with zero attached hydrogens (tertiary/aromatic N) is 1. The van der Waals surface area contributed by atoms with Crippen molar-refractivity contribution in [2.75, 3.05) is 19.7 Å². The van der Waals surface area contributed by atoms with Gasteiger partial charge in [-0.3, -0.25) is 4.79 Å². The van der Waals surface area contributed by atoms with Gasteiger partial charge in [-0.1, -0.05) is 44.2 Å². The number of hydrogen-bond donors (Lipinski definition) is 1. The topological polar surface area (TPSA) is 55.6 Å². The number of nitrogens with two attached hydrogens (primary N) is 1. The lowest BCUT2D eigenvalue weighted by atomic mass is 10.2. The molecule has 112 valence electrons. The molecule has 1 atom stereocenters. The van der Waals surface area contributed by atoms with Gasteiger partial charge in [-0.2, -0.15) is 0 Å². The first-order chi connectivity index (χ1) is 9.69. The minimum atomic E-state index is -0.572. The van der Waals surface area contributed by atoms with Crippen molar-refractivity contribution in [3.05, 3.63) is 35.9 Å². The van der Waals surface area contributed by atoms with Crippen LogP contribution in [0.25, 0.3) is 0 Å². The lowest BCUT2D eigenvalue weighted by Crippen LogP contribution is -2.46. The fraction of sp³-hybridized carbons (Fsp3) is 0.562. The number of rotatable bonds is 9. The molecule has 0 aliphatic rings. The van der Waals surface area contributed by atoms with Gasteiger partial charge in [0, 0.05) is 13.1 Å². The Morgan fingerprint density at radius 2 is 1.80 bits per heavy atom. The first-order valence-corrected chi connectivity index (χ1v) is 7.35. The third kappa shape index (κ3) is 5.72. The van der Waals surface area contributed by atoms with Gasteiger partial charge < -0.3 is 15.4 Å². The van der Waals surface area contributed by atoms with Gasteiger partial charge in [-0.25, -0.2) is 0 Å². The summed E-state index contributed by atoms with van der Waals surface area (Å²) in [7, 11) is 0. The first kappa shape index (κ1) is 16.7. The zero-order valence-electron chi connectivity index (χ0n) is 12.5. The van der Waals surface area contributed by atoms with E-state index in [0.29, 0.717) is 6.61 Å². The summed E-state index contributed by atoms with van der Waals surface area (Å²) in [6.45, 7) is 6.40. The second kappa shape index (κ2) is 9.50. The van der Waals surface area contributed by atoms with Crippen LogP contribution in [0.3, 0.4) is 0 Å². The van der Waals surface area contributed by atoms with Gasteiger partial charge in [0.1, 0.15) is 6.04 Å². The molecule has 1 aromatic rings. The van der Waals surface area contributed by atoms with Crippen molar-refractivity contribution in [1.82, 2.24) is 4.90 Å². The number of carbonyl (C=O) groups is 1. The lowest BCUT2D eigenvalue weighted by Gasteiger charge is -2.24. The van der Waals surface area contributed by atoms with E-state index in [1.165, 1.54) is 0 Å². The molecule has 1 amide bonds. The molecule has 4 nitrogen and oxygen atoms in total. The monoisotopic (exact) mass is 278 g/mol. The summed E-state index contributed by atoms with van der Waals surface area (Å²) in [4.78, 5) is 14.0. The van der Waals surface area contributed by atoms with Crippen LogP contribution in [0.5, 0.6) is 0 Å². The van der Waals surface area contributed by atoms with Crippen molar-refractivity contribution in [1.29, 1.82) is 0 Å². The Bertz CT molecular complexity index is 375. The first-order valence-electron chi connectivity index (χ1n) is 7.35. The van der Waals surface area contributed by atoms with Crippen LogP contribution in [0.4, 0.5) is 0 Å². The fourth-order valence-electron chi connectivity index (χ4n) is 2.06. The number of amides is 1. The van der Waals surface area contributed by atoms with Crippen LogP contribution in [-0.4, -0.2) is 36.5 Å². The maximum absolute atomic E-state index is 12.2. The van der Waals surface area contributed by atoms with E-state index in [0.717, 1.165) is 31.5 Å². The van der Waals surface area contributed by atoms with Gasteiger partial charge in [-0.05, 0) is 18.4 Å². The summed E-state index contributed by atoms with van der Waals surface area (Å²) in [5.41, 5.74) is 7.02. The molecular weight excluding hydrogens is 252 g/mol. The highest BCUT2D eigenvalue weighted by molar-refractivity contribution is 5.81. The number of hydrogen-bond acceptors (Lipinski definition) is 3. The molecule has 0 saturated carbocycles. The lowest BCUT2D eigenvalue weighted by molar-refractivity contribution is -0.134. The largest absolute Gasteiger partial charge is 0.375 e. The number of carbonyl (C=O) groups excluding carboxylic acids is 1. The van der Waals surface area contributed by atoms with Crippen molar-refractivity contribution in [2.45, 2.75) is 39.3 Å². The fourth-order valence-corrected chi connectivity index (χ4v) is 2.06. The van der Waals surface area contributed by atoms with Crippen LogP contribution < -0.4 is 5.73 Å². The van der Waals surface area contributed by atoms with Gasteiger partial charge in [0.05, 0.1) is 13.2 Å². The Kier molecular flexibility index (Phi) is 7.92. The zero-order valence-corrected chi connectivity index (χ0v) is 12.5. The molecule has 0 aliphatic carbocycles. The van der Waals surface area contributed by atoms with E-state index in [1.54, 1.807) is 0 Å². The van der Waals surface area contributed by atoms with Crippen LogP contribution in [-0.2, 0) is 16.1 Å². The summed E-state index contributed by atoms with van der Waals surface area (Å²) in [5, 5.41) is 0. The van der Waals surface area contributed by atoms with Crippen molar-refractivity contribution >= 4 is 5.91 Å². The van der Waals surface area contributed by atoms with Gasteiger partial charge in [0.2, 0.25) is 5.91 Å². The Hall–Kier alpha value is -1.39. The molecule has 0 aromatic heterocycles. The second-order valence-corrected chi connectivity index (χ2v) is 4.93. The molecule has 0 spiro atoms. The molecule has 1 rings (SSSR count). The van der Waals surface area contributed by atoms with Crippen molar-refractivity contribution in [3.8, 4) is 0 Å². The Morgan fingerprint density at radius 1 is 1.20 bits per heavy atom. The molecule has 2 N–H and O–H groups in total. The normalized spacial score (nSPS) is 12.2. The molecule has 0 radical (unpaired) electrons. The van der Waals surface area contributed by atoms with E-state index in [2.05, 4.69) is 13.8 Å². The van der Waals surface area contributed by atoms with Crippen molar-refractivity contribution < 1.29 is 9.53 Å². The molecule has 0 saturated heterocycles. The van der Waals surface area contributed by atoms with Crippen LogP contribution in [0.1, 0.15) is 32.3 Å². The summed E-state index contributed by atoms with van der Waals surface area (Å²) in [6.07, 6.45) is 1.90. The Balaban J connectivity index is 2.36. The van der Waals surface area contributed by atoms with Crippen molar-refractivity contribution in [3.63, 3.8) is 0 Å². The van der Waals surface area contributed by atoms with Crippen LogP contribution in [0.15, 0.2) is 30.3 Å². The second-order valence-electron chi connectivity index (χ2n) is 4.93. The highest BCUT2D eigenvalue weighted by Crippen LogP contribution is 2.03. The highest BCUT2D eigenvalue weighted by atomic mass is 16.5. The molecule has 4 heteroatoms. The van der Waals surface area contributed by atoms with E-state index in [9.17, 15) is 4.79 Å². The number of benzene rings is 1. The SMILES string of the molecule is CCCN(CCC)C(=O)C(N)COCc1ccccc1. The molecule has 1 aromatic carbocycles. The molecule has 20 heavy (non-hydrogen) atoms. The maximum atomic E-state index is 12.2. The standard InChI is InChI=1S/C16H26N2O2/c1-3-10-18(11-4-2)16(19)15(17)13-20-12-14-8-6-5-7-9-14/h5-9,15H,3-4,10-13,17H2,1-2H3. The molecule has 0 heterocycles. The molecular formula is C16H26N2O2. The predicted octanol–water partition coefficient (Wildman–Crippen LogP) is 2.18. The Morgan fingerprint density at radius 3 is 2.35 bits per heavy atom. The third-order valence-corrected chi connectivity index (χ3v) is 3.02. The third-order valence-electron chi connectivity index (χ3n) is 3.02.